The number of rotatable bonds is 8. The molecule has 0 aliphatic carbocycles. The smallest absolute Gasteiger partial charge is 0.146 e. The molecule has 1 rings (SSSR count). The van der Waals surface area contributed by atoms with Gasteiger partial charge in [0.15, 0.2) is 0 Å². The zero-order valence-corrected chi connectivity index (χ0v) is 11.5. The second kappa shape index (κ2) is 8.09. The first-order chi connectivity index (χ1) is 8.69. The van der Waals surface area contributed by atoms with Crippen LogP contribution in [0.15, 0.2) is 18.2 Å². The molecule has 0 aliphatic heterocycles. The number of nitrogen functional groups attached to an aromatic ring is 1. The predicted octanol–water partition coefficient (Wildman–Crippen LogP) is 3.71. The van der Waals surface area contributed by atoms with Gasteiger partial charge in [0.2, 0.25) is 0 Å². The highest BCUT2D eigenvalue weighted by molar-refractivity contribution is 5.47. The standard InChI is InChI=1S/C15H25FN2/c1-3-5-7-12(4-2)10-18-11-13-8-6-9-14(16)15(13)17/h6,8-9,12,18H,3-5,7,10-11,17H2,1-2H3. The third kappa shape index (κ3) is 4.65. The average molecular weight is 252 g/mol. The van der Waals surface area contributed by atoms with Crippen LogP contribution in [-0.4, -0.2) is 6.54 Å². The maximum absolute atomic E-state index is 13.2. The molecule has 0 heterocycles. The molecule has 0 radical (unpaired) electrons. The minimum absolute atomic E-state index is 0.270. The van der Waals surface area contributed by atoms with Crippen molar-refractivity contribution < 1.29 is 4.39 Å². The molecule has 0 saturated carbocycles. The van der Waals surface area contributed by atoms with E-state index in [-0.39, 0.29) is 11.5 Å². The first-order valence-electron chi connectivity index (χ1n) is 6.92. The molecule has 0 amide bonds. The topological polar surface area (TPSA) is 38.0 Å². The SMILES string of the molecule is CCCCC(CC)CNCc1cccc(F)c1N. The van der Waals surface area contributed by atoms with Crippen molar-refractivity contribution in [3.63, 3.8) is 0 Å². The third-order valence-electron chi connectivity index (χ3n) is 3.43. The van der Waals surface area contributed by atoms with Gasteiger partial charge in [-0.2, -0.15) is 0 Å². The maximum atomic E-state index is 13.2. The summed E-state index contributed by atoms with van der Waals surface area (Å²) in [5, 5.41) is 3.38. The molecular weight excluding hydrogens is 227 g/mol. The van der Waals surface area contributed by atoms with Gasteiger partial charge < -0.3 is 11.1 Å². The van der Waals surface area contributed by atoms with Crippen molar-refractivity contribution in [1.29, 1.82) is 0 Å². The minimum Gasteiger partial charge on any atom is -0.396 e. The first kappa shape index (κ1) is 15.0. The number of benzene rings is 1. The first-order valence-corrected chi connectivity index (χ1v) is 6.92. The second-order valence-electron chi connectivity index (χ2n) is 4.86. The van der Waals surface area contributed by atoms with E-state index in [9.17, 15) is 4.39 Å². The molecule has 0 bridgehead atoms. The monoisotopic (exact) mass is 252 g/mol. The molecule has 3 heteroatoms. The van der Waals surface area contributed by atoms with Crippen molar-refractivity contribution in [3.8, 4) is 0 Å². The van der Waals surface area contributed by atoms with Gasteiger partial charge in [0.05, 0.1) is 5.69 Å². The number of unbranched alkanes of at least 4 members (excludes halogenated alkanes) is 1. The van der Waals surface area contributed by atoms with Crippen LogP contribution in [0, 0.1) is 11.7 Å². The lowest BCUT2D eigenvalue weighted by Crippen LogP contribution is -2.22. The molecule has 2 nitrogen and oxygen atoms in total. The van der Waals surface area contributed by atoms with Crippen molar-refractivity contribution >= 4 is 5.69 Å². The molecule has 102 valence electrons. The Morgan fingerprint density at radius 2 is 2.11 bits per heavy atom. The Labute approximate surface area is 110 Å². The van der Waals surface area contributed by atoms with E-state index in [1.807, 2.05) is 6.07 Å². The van der Waals surface area contributed by atoms with Crippen LogP contribution in [-0.2, 0) is 6.54 Å². The number of hydrogen-bond donors (Lipinski definition) is 2. The average Bonchev–Trinajstić information content (AvgIpc) is 2.38. The number of halogens is 1. The summed E-state index contributed by atoms with van der Waals surface area (Å²) in [6.07, 6.45) is 4.97. The lowest BCUT2D eigenvalue weighted by atomic mass is 9.99. The van der Waals surface area contributed by atoms with Gasteiger partial charge in [-0.25, -0.2) is 4.39 Å². The summed E-state index contributed by atoms with van der Waals surface area (Å²) in [4.78, 5) is 0. The third-order valence-corrected chi connectivity index (χ3v) is 3.43. The molecule has 1 aromatic carbocycles. The van der Waals surface area contributed by atoms with E-state index >= 15 is 0 Å². The fraction of sp³-hybridized carbons (Fsp3) is 0.600. The largest absolute Gasteiger partial charge is 0.396 e. The summed E-state index contributed by atoms with van der Waals surface area (Å²) in [6, 6.07) is 4.98. The number of anilines is 1. The van der Waals surface area contributed by atoms with Crippen molar-refractivity contribution in [1.82, 2.24) is 5.32 Å². The normalized spacial score (nSPS) is 12.6. The highest BCUT2D eigenvalue weighted by atomic mass is 19.1. The molecule has 18 heavy (non-hydrogen) atoms. The van der Waals surface area contributed by atoms with E-state index in [4.69, 9.17) is 5.73 Å². The van der Waals surface area contributed by atoms with E-state index in [1.54, 1.807) is 6.07 Å². The van der Waals surface area contributed by atoms with Gasteiger partial charge in [0, 0.05) is 6.54 Å². The van der Waals surface area contributed by atoms with E-state index in [2.05, 4.69) is 19.2 Å². The number of hydrogen-bond acceptors (Lipinski definition) is 2. The lowest BCUT2D eigenvalue weighted by Gasteiger charge is -2.16. The van der Waals surface area contributed by atoms with Gasteiger partial charge in [0.25, 0.3) is 0 Å². The Morgan fingerprint density at radius 1 is 1.33 bits per heavy atom. The number of nitrogens with one attached hydrogen (secondary N) is 1. The molecule has 1 unspecified atom stereocenters. The molecule has 3 N–H and O–H groups in total. The van der Waals surface area contributed by atoms with Crippen LogP contribution >= 0.6 is 0 Å². The van der Waals surface area contributed by atoms with Gasteiger partial charge in [-0.15, -0.1) is 0 Å². The summed E-state index contributed by atoms with van der Waals surface area (Å²) in [5.41, 5.74) is 6.81. The Morgan fingerprint density at radius 3 is 2.78 bits per heavy atom. The van der Waals surface area contributed by atoms with Crippen LogP contribution in [0.4, 0.5) is 10.1 Å². The van der Waals surface area contributed by atoms with Crippen LogP contribution in [0.1, 0.15) is 45.1 Å². The van der Waals surface area contributed by atoms with E-state index < -0.39 is 0 Å². The zero-order chi connectivity index (χ0) is 13.4. The quantitative estimate of drug-likeness (QED) is 0.692. The van der Waals surface area contributed by atoms with Crippen molar-refractivity contribution in [3.05, 3.63) is 29.6 Å². The van der Waals surface area contributed by atoms with Gasteiger partial charge in [0.1, 0.15) is 5.82 Å². The molecule has 0 aromatic heterocycles. The van der Waals surface area contributed by atoms with Gasteiger partial charge in [-0.3, -0.25) is 0 Å². The summed E-state index contributed by atoms with van der Waals surface area (Å²) in [5.74, 6) is 0.382. The Balaban J connectivity index is 2.38. The summed E-state index contributed by atoms with van der Waals surface area (Å²) < 4.78 is 13.2. The van der Waals surface area contributed by atoms with Crippen molar-refractivity contribution in [2.45, 2.75) is 46.1 Å². The van der Waals surface area contributed by atoms with E-state index in [0.29, 0.717) is 12.5 Å². The predicted molar refractivity (Wildman–Crippen MR) is 75.8 cm³/mol. The van der Waals surface area contributed by atoms with Crippen LogP contribution < -0.4 is 11.1 Å². The molecular formula is C15H25FN2. The van der Waals surface area contributed by atoms with Crippen LogP contribution in [0.5, 0.6) is 0 Å². The molecule has 0 spiro atoms. The maximum Gasteiger partial charge on any atom is 0.146 e. The lowest BCUT2D eigenvalue weighted by molar-refractivity contribution is 0.419. The summed E-state index contributed by atoms with van der Waals surface area (Å²) in [6.45, 7) is 6.06. The van der Waals surface area contributed by atoms with Gasteiger partial charge in [-0.1, -0.05) is 45.2 Å². The second-order valence-corrected chi connectivity index (χ2v) is 4.86. The van der Waals surface area contributed by atoms with Crippen molar-refractivity contribution in [2.75, 3.05) is 12.3 Å². The zero-order valence-electron chi connectivity index (χ0n) is 11.5. The highest BCUT2D eigenvalue weighted by Crippen LogP contribution is 2.16. The Kier molecular flexibility index (Phi) is 6.73. The van der Waals surface area contributed by atoms with Crippen LogP contribution in [0.3, 0.4) is 0 Å². The molecule has 0 aliphatic rings. The van der Waals surface area contributed by atoms with Gasteiger partial charge >= 0.3 is 0 Å². The van der Waals surface area contributed by atoms with Crippen LogP contribution in [0.2, 0.25) is 0 Å². The molecule has 1 atom stereocenters. The molecule has 0 saturated heterocycles. The highest BCUT2D eigenvalue weighted by Gasteiger charge is 2.07. The Bertz CT molecular complexity index is 352. The van der Waals surface area contributed by atoms with E-state index in [0.717, 1.165) is 12.1 Å². The van der Waals surface area contributed by atoms with Crippen molar-refractivity contribution in [2.24, 2.45) is 5.92 Å². The molecule has 0 fully saturated rings. The van der Waals surface area contributed by atoms with E-state index in [1.165, 1.54) is 31.7 Å². The fourth-order valence-corrected chi connectivity index (χ4v) is 2.09. The summed E-state index contributed by atoms with van der Waals surface area (Å²) in [7, 11) is 0. The summed E-state index contributed by atoms with van der Waals surface area (Å²) >= 11 is 0. The van der Waals surface area contributed by atoms with Gasteiger partial charge in [-0.05, 0) is 30.5 Å². The Hall–Kier alpha value is -1.09. The van der Waals surface area contributed by atoms with Crippen LogP contribution in [0.25, 0.3) is 0 Å². The molecule has 1 aromatic rings. The fourth-order valence-electron chi connectivity index (χ4n) is 2.09. The minimum atomic E-state index is -0.327. The number of nitrogens with two attached hydrogens (primary N) is 1. The number of para-hydroxylation sites is 1.